The first-order valence-corrected chi connectivity index (χ1v) is 5.12. The SMILES string of the molecule is O=[N+]([O-])c1cc(Cl)c(Cl)cc1CBr. The van der Waals surface area contributed by atoms with E-state index >= 15 is 0 Å². The second-order valence-electron chi connectivity index (χ2n) is 2.29. The van der Waals surface area contributed by atoms with Crippen LogP contribution in [0.4, 0.5) is 5.69 Å². The second-order valence-corrected chi connectivity index (χ2v) is 3.66. The first kappa shape index (κ1) is 10.8. The van der Waals surface area contributed by atoms with Crippen molar-refractivity contribution in [2.24, 2.45) is 0 Å². The zero-order valence-electron chi connectivity index (χ0n) is 6.26. The Morgan fingerprint density at radius 1 is 1.38 bits per heavy atom. The third kappa shape index (κ3) is 2.33. The van der Waals surface area contributed by atoms with E-state index in [1.165, 1.54) is 12.1 Å². The summed E-state index contributed by atoms with van der Waals surface area (Å²) in [6, 6.07) is 2.73. The van der Waals surface area contributed by atoms with Crippen LogP contribution in [-0.4, -0.2) is 4.92 Å². The van der Waals surface area contributed by atoms with Gasteiger partial charge in [-0.25, -0.2) is 0 Å². The Morgan fingerprint density at radius 3 is 2.38 bits per heavy atom. The van der Waals surface area contributed by atoms with Gasteiger partial charge in [0.1, 0.15) is 0 Å². The van der Waals surface area contributed by atoms with Crippen LogP contribution in [-0.2, 0) is 5.33 Å². The average Bonchev–Trinajstić information content (AvgIpc) is 2.08. The molecule has 0 radical (unpaired) electrons. The first-order valence-electron chi connectivity index (χ1n) is 3.24. The smallest absolute Gasteiger partial charge is 0.258 e. The third-order valence-corrected chi connectivity index (χ3v) is 2.79. The number of hydrogen-bond acceptors (Lipinski definition) is 2. The lowest BCUT2D eigenvalue weighted by molar-refractivity contribution is -0.385. The van der Waals surface area contributed by atoms with E-state index in [2.05, 4.69) is 15.9 Å². The molecule has 0 saturated carbocycles. The molecule has 0 aliphatic rings. The number of rotatable bonds is 2. The van der Waals surface area contributed by atoms with Crippen LogP contribution in [0.25, 0.3) is 0 Å². The zero-order valence-corrected chi connectivity index (χ0v) is 9.36. The molecule has 0 heterocycles. The van der Waals surface area contributed by atoms with E-state index in [1.54, 1.807) is 0 Å². The number of nitrogens with zero attached hydrogens (tertiary/aromatic N) is 1. The Labute approximate surface area is 92.9 Å². The van der Waals surface area contributed by atoms with Crippen molar-refractivity contribution in [1.29, 1.82) is 0 Å². The Morgan fingerprint density at radius 2 is 1.92 bits per heavy atom. The molecule has 70 valence electrons. The quantitative estimate of drug-likeness (QED) is 0.471. The largest absolute Gasteiger partial charge is 0.275 e. The van der Waals surface area contributed by atoms with Crippen molar-refractivity contribution >= 4 is 44.8 Å². The standard InChI is InChI=1S/C7H4BrCl2NO2/c8-3-4-1-5(9)6(10)2-7(4)11(12)13/h1-2H,3H2. The van der Waals surface area contributed by atoms with Crippen LogP contribution in [0, 0.1) is 10.1 Å². The Kier molecular flexibility index (Phi) is 3.53. The number of alkyl halides is 1. The van der Waals surface area contributed by atoms with Gasteiger partial charge >= 0.3 is 0 Å². The van der Waals surface area contributed by atoms with Gasteiger partial charge in [0.15, 0.2) is 0 Å². The Balaban J connectivity index is 3.33. The maximum Gasteiger partial charge on any atom is 0.275 e. The average molecular weight is 285 g/mol. The molecule has 0 aliphatic carbocycles. The lowest BCUT2D eigenvalue weighted by atomic mass is 10.2. The summed E-state index contributed by atoms with van der Waals surface area (Å²) in [7, 11) is 0. The minimum absolute atomic E-state index is 0.0220. The molecule has 0 spiro atoms. The molecule has 1 aromatic rings. The minimum atomic E-state index is -0.487. The summed E-state index contributed by atoms with van der Waals surface area (Å²) >= 11 is 14.5. The molecule has 0 aromatic heterocycles. The summed E-state index contributed by atoms with van der Waals surface area (Å²) in [5.74, 6) is 0. The fourth-order valence-corrected chi connectivity index (χ4v) is 1.65. The lowest BCUT2D eigenvalue weighted by Gasteiger charge is -2.01. The van der Waals surface area contributed by atoms with Gasteiger partial charge < -0.3 is 0 Å². The van der Waals surface area contributed by atoms with Crippen LogP contribution < -0.4 is 0 Å². The Hall–Kier alpha value is -0.320. The molecule has 13 heavy (non-hydrogen) atoms. The lowest BCUT2D eigenvalue weighted by Crippen LogP contribution is -1.93. The van der Waals surface area contributed by atoms with Crippen molar-refractivity contribution in [2.45, 2.75) is 5.33 Å². The van der Waals surface area contributed by atoms with Gasteiger partial charge in [0.25, 0.3) is 5.69 Å². The molecule has 0 saturated heterocycles. The van der Waals surface area contributed by atoms with Crippen LogP contribution in [0.2, 0.25) is 10.0 Å². The minimum Gasteiger partial charge on any atom is -0.258 e. The highest BCUT2D eigenvalue weighted by atomic mass is 79.9. The summed E-state index contributed by atoms with van der Waals surface area (Å²) in [6.45, 7) is 0. The molecule has 0 unspecified atom stereocenters. The predicted molar refractivity (Wildman–Crippen MR) is 55.7 cm³/mol. The molecular formula is C7H4BrCl2NO2. The number of benzene rings is 1. The predicted octanol–water partition coefficient (Wildman–Crippen LogP) is 3.80. The van der Waals surface area contributed by atoms with Crippen molar-refractivity contribution in [2.75, 3.05) is 0 Å². The van der Waals surface area contributed by atoms with Crippen LogP contribution in [0.5, 0.6) is 0 Å². The van der Waals surface area contributed by atoms with E-state index in [0.717, 1.165) is 0 Å². The highest BCUT2D eigenvalue weighted by molar-refractivity contribution is 9.08. The van der Waals surface area contributed by atoms with Gasteiger partial charge in [0, 0.05) is 17.0 Å². The van der Waals surface area contributed by atoms with Crippen molar-refractivity contribution in [3.05, 3.63) is 37.9 Å². The van der Waals surface area contributed by atoms with Crippen molar-refractivity contribution in [1.82, 2.24) is 0 Å². The van der Waals surface area contributed by atoms with Crippen LogP contribution in [0.3, 0.4) is 0 Å². The van der Waals surface area contributed by atoms with Gasteiger partial charge in [-0.2, -0.15) is 0 Å². The molecule has 6 heteroatoms. The van der Waals surface area contributed by atoms with Crippen molar-refractivity contribution in [3.63, 3.8) is 0 Å². The first-order chi connectivity index (χ1) is 6.06. The number of nitro groups is 1. The molecule has 0 aliphatic heterocycles. The molecule has 0 fully saturated rings. The van der Waals surface area contributed by atoms with E-state index in [4.69, 9.17) is 23.2 Å². The summed E-state index contributed by atoms with van der Waals surface area (Å²) in [4.78, 5) is 10.0. The number of hydrogen-bond donors (Lipinski definition) is 0. The molecule has 1 aromatic carbocycles. The number of nitro benzene ring substituents is 1. The fraction of sp³-hybridized carbons (Fsp3) is 0.143. The van der Waals surface area contributed by atoms with E-state index in [-0.39, 0.29) is 10.7 Å². The summed E-state index contributed by atoms with van der Waals surface area (Å²) in [5.41, 5.74) is 0.491. The van der Waals surface area contributed by atoms with Crippen LogP contribution in [0.15, 0.2) is 12.1 Å². The third-order valence-electron chi connectivity index (χ3n) is 1.46. The van der Waals surface area contributed by atoms with Gasteiger partial charge in [-0.3, -0.25) is 10.1 Å². The molecule has 0 bridgehead atoms. The van der Waals surface area contributed by atoms with Gasteiger partial charge in [-0.05, 0) is 6.07 Å². The maximum atomic E-state index is 10.5. The van der Waals surface area contributed by atoms with E-state index in [9.17, 15) is 10.1 Å². The summed E-state index contributed by atoms with van der Waals surface area (Å²) < 4.78 is 0. The van der Waals surface area contributed by atoms with E-state index in [1.807, 2.05) is 0 Å². The highest BCUT2D eigenvalue weighted by Crippen LogP contribution is 2.31. The van der Waals surface area contributed by atoms with Gasteiger partial charge in [-0.1, -0.05) is 39.1 Å². The molecule has 0 N–H and O–H groups in total. The van der Waals surface area contributed by atoms with Crippen molar-refractivity contribution in [3.8, 4) is 0 Å². The van der Waals surface area contributed by atoms with Crippen LogP contribution >= 0.6 is 39.1 Å². The van der Waals surface area contributed by atoms with E-state index < -0.39 is 4.92 Å². The summed E-state index contributed by atoms with van der Waals surface area (Å²) in [6.07, 6.45) is 0. The monoisotopic (exact) mass is 283 g/mol. The fourth-order valence-electron chi connectivity index (χ4n) is 0.855. The molecule has 1 rings (SSSR count). The van der Waals surface area contributed by atoms with Gasteiger partial charge in [0.2, 0.25) is 0 Å². The van der Waals surface area contributed by atoms with Gasteiger partial charge in [0.05, 0.1) is 15.0 Å². The topological polar surface area (TPSA) is 43.1 Å². The maximum absolute atomic E-state index is 10.5. The molecular weight excluding hydrogens is 281 g/mol. The Bertz CT molecular complexity index is 357. The molecule has 0 atom stereocenters. The van der Waals surface area contributed by atoms with Crippen LogP contribution in [0.1, 0.15) is 5.56 Å². The highest BCUT2D eigenvalue weighted by Gasteiger charge is 2.15. The summed E-state index contributed by atoms with van der Waals surface area (Å²) in [5, 5.41) is 11.4. The van der Waals surface area contributed by atoms with Crippen molar-refractivity contribution < 1.29 is 4.92 Å². The normalized spacial score (nSPS) is 10.1. The molecule has 0 amide bonds. The second kappa shape index (κ2) is 4.26. The zero-order chi connectivity index (χ0) is 10.0. The molecule has 3 nitrogen and oxygen atoms in total. The van der Waals surface area contributed by atoms with E-state index in [0.29, 0.717) is 15.9 Å². The van der Waals surface area contributed by atoms with Gasteiger partial charge in [-0.15, -0.1) is 0 Å². The number of halogens is 3.